The summed E-state index contributed by atoms with van der Waals surface area (Å²) in [6.07, 6.45) is -3.02. The maximum atomic E-state index is 12.8. The Morgan fingerprint density at radius 1 is 1.11 bits per heavy atom. The van der Waals surface area contributed by atoms with Gasteiger partial charge in [0.1, 0.15) is 0 Å². The van der Waals surface area contributed by atoms with Gasteiger partial charge < -0.3 is 5.32 Å². The minimum atomic E-state index is -4.38. The second kappa shape index (κ2) is 5.77. The van der Waals surface area contributed by atoms with Crippen LogP contribution < -0.4 is 5.32 Å². The van der Waals surface area contributed by atoms with E-state index in [9.17, 15) is 13.2 Å². The number of aromatic nitrogens is 1. The summed E-state index contributed by atoms with van der Waals surface area (Å²) in [5.41, 5.74) is 0.0563. The molecule has 0 unspecified atom stereocenters. The summed E-state index contributed by atoms with van der Waals surface area (Å²) < 4.78 is 39.3. The van der Waals surface area contributed by atoms with Crippen LogP contribution in [0.1, 0.15) is 11.3 Å². The highest BCUT2D eigenvalue weighted by Crippen LogP contribution is 2.31. The van der Waals surface area contributed by atoms with Crippen LogP contribution in [-0.2, 0) is 12.7 Å². The van der Waals surface area contributed by atoms with E-state index in [1.54, 1.807) is 0 Å². The van der Waals surface area contributed by atoms with Gasteiger partial charge in [-0.3, -0.25) is 4.98 Å². The number of alkyl halides is 3. The molecule has 0 aliphatic carbocycles. The molecule has 0 bridgehead atoms. The van der Waals surface area contributed by atoms with Crippen LogP contribution >= 0.6 is 22.6 Å². The molecule has 2 rings (SSSR count). The van der Waals surface area contributed by atoms with Gasteiger partial charge in [-0.15, -0.1) is 0 Å². The number of halogens is 4. The second-order valence-electron chi connectivity index (χ2n) is 3.86. The summed E-state index contributed by atoms with van der Waals surface area (Å²) in [4.78, 5) is 3.79. The summed E-state index contributed by atoms with van der Waals surface area (Å²) in [5, 5.41) is 2.93. The Kier molecular flexibility index (Phi) is 4.28. The van der Waals surface area contributed by atoms with E-state index in [2.05, 4.69) is 32.9 Å². The Morgan fingerprint density at radius 3 is 2.42 bits per heavy atom. The van der Waals surface area contributed by atoms with Crippen molar-refractivity contribution >= 4 is 28.3 Å². The number of pyridine rings is 1. The third-order valence-corrected chi connectivity index (χ3v) is 3.22. The van der Waals surface area contributed by atoms with E-state index in [1.165, 1.54) is 12.3 Å². The van der Waals surface area contributed by atoms with Crippen LogP contribution in [0.3, 0.4) is 0 Å². The van der Waals surface area contributed by atoms with E-state index in [0.717, 1.165) is 15.3 Å². The molecule has 0 spiro atoms. The molecule has 1 N–H and O–H groups in total. The van der Waals surface area contributed by atoms with Crippen molar-refractivity contribution in [1.82, 2.24) is 4.98 Å². The Labute approximate surface area is 122 Å². The lowest BCUT2D eigenvalue weighted by Crippen LogP contribution is -2.13. The van der Waals surface area contributed by atoms with Crippen molar-refractivity contribution in [2.24, 2.45) is 0 Å². The quantitative estimate of drug-likeness (QED) is 0.805. The molecule has 0 aliphatic rings. The number of nitrogens with zero attached hydrogens (tertiary/aromatic N) is 1. The molecule has 100 valence electrons. The standard InChI is InChI=1S/C13H10F3IN2/c14-13(15,16)11-2-1-7-18-12(11)8-19-10-5-3-9(17)4-6-10/h1-7,19H,8H2. The van der Waals surface area contributed by atoms with E-state index in [1.807, 2.05) is 24.3 Å². The van der Waals surface area contributed by atoms with E-state index < -0.39 is 11.7 Å². The van der Waals surface area contributed by atoms with Gasteiger partial charge in [-0.2, -0.15) is 13.2 Å². The Bertz CT molecular complexity index is 553. The van der Waals surface area contributed by atoms with E-state index in [0.29, 0.717) is 0 Å². The van der Waals surface area contributed by atoms with Gasteiger partial charge in [-0.1, -0.05) is 0 Å². The molecule has 1 aromatic carbocycles. The average Bonchev–Trinajstić information content (AvgIpc) is 2.37. The summed E-state index contributed by atoms with van der Waals surface area (Å²) in [7, 11) is 0. The zero-order valence-corrected chi connectivity index (χ0v) is 11.9. The molecule has 0 saturated carbocycles. The molecular weight excluding hydrogens is 368 g/mol. The van der Waals surface area contributed by atoms with Crippen LogP contribution in [0, 0.1) is 3.57 Å². The van der Waals surface area contributed by atoms with E-state index >= 15 is 0 Å². The minimum absolute atomic E-state index is 0.00597. The topological polar surface area (TPSA) is 24.9 Å². The van der Waals surface area contributed by atoms with Crippen LogP contribution in [0.5, 0.6) is 0 Å². The largest absolute Gasteiger partial charge is 0.418 e. The maximum Gasteiger partial charge on any atom is 0.418 e. The zero-order chi connectivity index (χ0) is 13.9. The smallest absolute Gasteiger partial charge is 0.379 e. The molecule has 0 aliphatic heterocycles. The molecule has 19 heavy (non-hydrogen) atoms. The SMILES string of the molecule is FC(F)(F)c1cccnc1CNc1ccc(I)cc1. The number of rotatable bonds is 3. The van der Waals surface area contributed by atoms with Crippen LogP contribution in [0.2, 0.25) is 0 Å². The van der Waals surface area contributed by atoms with Gasteiger partial charge in [0.05, 0.1) is 17.8 Å². The van der Waals surface area contributed by atoms with Gasteiger partial charge in [0.2, 0.25) is 0 Å². The van der Waals surface area contributed by atoms with Crippen molar-refractivity contribution < 1.29 is 13.2 Å². The number of hydrogen-bond donors (Lipinski definition) is 1. The van der Waals surface area contributed by atoms with Crippen LogP contribution in [0.25, 0.3) is 0 Å². The highest BCUT2D eigenvalue weighted by atomic mass is 127. The van der Waals surface area contributed by atoms with Crippen molar-refractivity contribution in [3.63, 3.8) is 0 Å². The molecule has 0 amide bonds. The van der Waals surface area contributed by atoms with E-state index in [4.69, 9.17) is 0 Å². The molecule has 1 heterocycles. The minimum Gasteiger partial charge on any atom is -0.379 e. The Balaban J connectivity index is 2.14. The lowest BCUT2D eigenvalue weighted by atomic mass is 10.2. The number of anilines is 1. The van der Waals surface area contributed by atoms with Gasteiger partial charge in [0.15, 0.2) is 0 Å². The molecule has 0 radical (unpaired) electrons. The fourth-order valence-corrected chi connectivity index (χ4v) is 1.95. The first-order valence-electron chi connectivity index (χ1n) is 5.47. The third kappa shape index (κ3) is 3.82. The number of hydrogen-bond acceptors (Lipinski definition) is 2. The predicted molar refractivity (Wildman–Crippen MR) is 75.7 cm³/mol. The zero-order valence-electron chi connectivity index (χ0n) is 9.71. The normalized spacial score (nSPS) is 11.4. The molecule has 0 saturated heterocycles. The molecule has 0 fully saturated rings. The third-order valence-electron chi connectivity index (χ3n) is 2.50. The van der Waals surface area contributed by atoms with E-state index in [-0.39, 0.29) is 12.2 Å². The fraction of sp³-hybridized carbons (Fsp3) is 0.154. The lowest BCUT2D eigenvalue weighted by molar-refractivity contribution is -0.138. The summed E-state index contributed by atoms with van der Waals surface area (Å²) in [6.45, 7) is 0.0380. The van der Waals surface area contributed by atoms with Gasteiger partial charge in [0, 0.05) is 15.5 Å². The van der Waals surface area contributed by atoms with Crippen LogP contribution in [-0.4, -0.2) is 4.98 Å². The summed E-state index contributed by atoms with van der Waals surface area (Å²) in [6, 6.07) is 9.73. The number of nitrogens with one attached hydrogen (secondary N) is 1. The Hall–Kier alpha value is -1.31. The molecule has 2 nitrogen and oxygen atoms in total. The second-order valence-corrected chi connectivity index (χ2v) is 5.10. The first-order valence-corrected chi connectivity index (χ1v) is 6.55. The molecule has 0 atom stereocenters. The maximum absolute atomic E-state index is 12.8. The van der Waals surface area contributed by atoms with Crippen molar-refractivity contribution in [1.29, 1.82) is 0 Å². The number of benzene rings is 1. The van der Waals surface area contributed by atoms with Gasteiger partial charge in [0.25, 0.3) is 0 Å². The fourth-order valence-electron chi connectivity index (χ4n) is 1.59. The van der Waals surface area contributed by atoms with Crippen LogP contribution in [0.4, 0.5) is 18.9 Å². The molecular formula is C13H10F3IN2. The van der Waals surface area contributed by atoms with Crippen molar-refractivity contribution in [3.8, 4) is 0 Å². The first-order chi connectivity index (χ1) is 8.97. The highest BCUT2D eigenvalue weighted by molar-refractivity contribution is 14.1. The Morgan fingerprint density at radius 2 is 1.79 bits per heavy atom. The molecule has 6 heteroatoms. The summed E-state index contributed by atoms with van der Waals surface area (Å²) in [5.74, 6) is 0. The molecule has 2 aromatic rings. The molecule has 1 aromatic heterocycles. The van der Waals surface area contributed by atoms with Gasteiger partial charge >= 0.3 is 6.18 Å². The van der Waals surface area contributed by atoms with Crippen LogP contribution in [0.15, 0.2) is 42.6 Å². The van der Waals surface area contributed by atoms with Crippen molar-refractivity contribution in [2.75, 3.05) is 5.32 Å². The predicted octanol–water partition coefficient (Wildman–Crippen LogP) is 4.32. The highest BCUT2D eigenvalue weighted by Gasteiger charge is 2.33. The van der Waals surface area contributed by atoms with Gasteiger partial charge in [-0.05, 0) is 59.0 Å². The van der Waals surface area contributed by atoms with Crippen molar-refractivity contribution in [2.45, 2.75) is 12.7 Å². The van der Waals surface area contributed by atoms with Crippen molar-refractivity contribution in [3.05, 3.63) is 57.4 Å². The monoisotopic (exact) mass is 378 g/mol. The van der Waals surface area contributed by atoms with Gasteiger partial charge in [-0.25, -0.2) is 0 Å². The lowest BCUT2D eigenvalue weighted by Gasteiger charge is -2.12. The summed E-state index contributed by atoms with van der Waals surface area (Å²) >= 11 is 2.16. The first kappa shape index (κ1) is 14.1. The average molecular weight is 378 g/mol.